The molecule has 3 nitrogen and oxygen atoms in total. The van der Waals surface area contributed by atoms with Gasteiger partial charge in [-0.25, -0.2) is 0 Å². The fourth-order valence-corrected chi connectivity index (χ4v) is 3.39. The fourth-order valence-electron chi connectivity index (χ4n) is 3.21. The highest BCUT2D eigenvalue weighted by Gasteiger charge is 2.39. The lowest BCUT2D eigenvalue weighted by atomic mass is 9.96. The van der Waals surface area contributed by atoms with Crippen molar-refractivity contribution < 1.29 is 4.74 Å². The minimum absolute atomic E-state index is 0.0140. The zero-order chi connectivity index (χ0) is 15.1. The average Bonchev–Trinajstić information content (AvgIpc) is 3.01. The van der Waals surface area contributed by atoms with Gasteiger partial charge < -0.3 is 4.74 Å². The van der Waals surface area contributed by atoms with Crippen molar-refractivity contribution in [2.45, 2.75) is 32.0 Å². The summed E-state index contributed by atoms with van der Waals surface area (Å²) in [4.78, 5) is 0. The van der Waals surface area contributed by atoms with Gasteiger partial charge in [-0.05, 0) is 23.8 Å². The first-order valence-corrected chi connectivity index (χ1v) is 8.01. The van der Waals surface area contributed by atoms with Crippen molar-refractivity contribution in [3.05, 3.63) is 64.7 Å². The molecule has 0 spiro atoms. The summed E-state index contributed by atoms with van der Waals surface area (Å²) in [5.74, 6) is 0.932. The smallest absolute Gasteiger partial charge is 0.187 e. The molecule has 0 aromatic heterocycles. The third-order valence-corrected chi connectivity index (χ3v) is 4.52. The Morgan fingerprint density at radius 3 is 2.82 bits per heavy atom. The van der Waals surface area contributed by atoms with Crippen LogP contribution in [0.3, 0.4) is 0 Å². The lowest BCUT2D eigenvalue weighted by Crippen LogP contribution is -2.39. The number of halogens is 1. The molecule has 2 heterocycles. The maximum absolute atomic E-state index is 6.18. The van der Waals surface area contributed by atoms with E-state index >= 15 is 0 Å². The van der Waals surface area contributed by atoms with Gasteiger partial charge in [-0.15, -0.1) is 0 Å². The molecule has 0 saturated carbocycles. The molecule has 4 heteroatoms. The van der Waals surface area contributed by atoms with Gasteiger partial charge in [0.05, 0.1) is 11.8 Å². The number of benzene rings is 2. The molecule has 2 aromatic rings. The van der Waals surface area contributed by atoms with Gasteiger partial charge >= 0.3 is 0 Å². The number of rotatable bonds is 2. The van der Waals surface area contributed by atoms with E-state index in [9.17, 15) is 0 Å². The molecule has 0 saturated heterocycles. The lowest BCUT2D eigenvalue weighted by Gasteiger charge is -2.37. The van der Waals surface area contributed by atoms with Crippen LogP contribution in [0, 0.1) is 0 Å². The third kappa shape index (κ3) is 2.17. The topological polar surface area (TPSA) is 24.8 Å². The van der Waals surface area contributed by atoms with Crippen molar-refractivity contribution in [2.24, 2.45) is 5.10 Å². The summed E-state index contributed by atoms with van der Waals surface area (Å²) < 4.78 is 6.09. The summed E-state index contributed by atoms with van der Waals surface area (Å²) in [7, 11) is 0. The molecule has 4 rings (SSSR count). The van der Waals surface area contributed by atoms with E-state index in [2.05, 4.69) is 24.1 Å². The van der Waals surface area contributed by atoms with E-state index in [4.69, 9.17) is 21.4 Å². The van der Waals surface area contributed by atoms with Crippen LogP contribution in [0.2, 0.25) is 5.02 Å². The SMILES string of the molecule is CC[C@H]1Oc2ccc(Cl)cc2[C@H]2CC(c3ccccc3)=NN21. The molecule has 2 aromatic carbocycles. The maximum atomic E-state index is 6.18. The van der Waals surface area contributed by atoms with Gasteiger partial charge in [0.1, 0.15) is 5.75 Å². The first-order chi connectivity index (χ1) is 10.8. The first-order valence-electron chi connectivity index (χ1n) is 7.63. The molecule has 22 heavy (non-hydrogen) atoms. The van der Waals surface area contributed by atoms with Crippen molar-refractivity contribution >= 4 is 17.3 Å². The Hall–Kier alpha value is -2.00. The van der Waals surface area contributed by atoms with E-state index in [1.807, 2.05) is 36.4 Å². The van der Waals surface area contributed by atoms with Crippen LogP contribution in [0.15, 0.2) is 53.6 Å². The van der Waals surface area contributed by atoms with Gasteiger partial charge in [-0.1, -0.05) is 48.9 Å². The van der Waals surface area contributed by atoms with E-state index < -0.39 is 0 Å². The first kappa shape index (κ1) is 13.6. The Morgan fingerprint density at radius 1 is 1.23 bits per heavy atom. The summed E-state index contributed by atoms with van der Waals surface area (Å²) in [6, 6.07) is 16.4. The molecule has 0 N–H and O–H groups in total. The fraction of sp³-hybridized carbons (Fsp3) is 0.278. The minimum atomic E-state index is -0.0140. The van der Waals surface area contributed by atoms with Crippen molar-refractivity contribution in [3.63, 3.8) is 0 Å². The van der Waals surface area contributed by atoms with Crippen LogP contribution in [0.4, 0.5) is 0 Å². The molecular weight excluding hydrogens is 296 g/mol. The largest absolute Gasteiger partial charge is 0.469 e. The molecule has 0 amide bonds. The molecule has 2 atom stereocenters. The van der Waals surface area contributed by atoms with Gasteiger partial charge in [0.15, 0.2) is 6.23 Å². The number of hydrogen-bond acceptors (Lipinski definition) is 3. The number of hydrogen-bond donors (Lipinski definition) is 0. The highest BCUT2D eigenvalue weighted by atomic mass is 35.5. The number of ether oxygens (including phenoxy) is 1. The number of nitrogens with zero attached hydrogens (tertiary/aromatic N) is 2. The Balaban J connectivity index is 1.75. The van der Waals surface area contributed by atoms with Crippen LogP contribution < -0.4 is 4.74 Å². The van der Waals surface area contributed by atoms with Gasteiger partial charge in [-0.2, -0.15) is 5.10 Å². The normalized spacial score (nSPS) is 22.6. The highest BCUT2D eigenvalue weighted by molar-refractivity contribution is 6.30. The molecular formula is C18H17ClN2O. The molecule has 0 fully saturated rings. The molecule has 0 bridgehead atoms. The third-order valence-electron chi connectivity index (χ3n) is 4.29. The minimum Gasteiger partial charge on any atom is -0.469 e. The van der Waals surface area contributed by atoms with Crippen molar-refractivity contribution in [2.75, 3.05) is 0 Å². The van der Waals surface area contributed by atoms with Gasteiger partial charge in [0.2, 0.25) is 0 Å². The van der Waals surface area contributed by atoms with E-state index in [0.717, 1.165) is 34.9 Å². The highest BCUT2D eigenvalue weighted by Crippen LogP contribution is 2.44. The number of fused-ring (bicyclic) bond motifs is 3. The molecule has 2 aliphatic rings. The molecule has 0 unspecified atom stereocenters. The summed E-state index contributed by atoms with van der Waals surface area (Å²) in [6.07, 6.45) is 1.77. The van der Waals surface area contributed by atoms with E-state index in [-0.39, 0.29) is 12.3 Å². The Morgan fingerprint density at radius 2 is 2.05 bits per heavy atom. The molecule has 2 aliphatic heterocycles. The van der Waals surface area contributed by atoms with Gasteiger partial charge in [-0.3, -0.25) is 5.01 Å². The summed E-state index contributed by atoms with van der Waals surface area (Å²) in [5, 5.41) is 7.68. The zero-order valence-electron chi connectivity index (χ0n) is 12.4. The second-order valence-corrected chi connectivity index (χ2v) is 6.11. The lowest BCUT2D eigenvalue weighted by molar-refractivity contribution is -0.0188. The predicted octanol–water partition coefficient (Wildman–Crippen LogP) is 4.62. The molecule has 0 aliphatic carbocycles. The Kier molecular flexibility index (Phi) is 3.30. The Bertz CT molecular complexity index is 729. The molecule has 112 valence electrons. The zero-order valence-corrected chi connectivity index (χ0v) is 13.1. The van der Waals surface area contributed by atoms with Crippen LogP contribution in [-0.2, 0) is 0 Å². The van der Waals surface area contributed by atoms with Gasteiger partial charge in [0, 0.05) is 23.4 Å². The maximum Gasteiger partial charge on any atom is 0.187 e. The van der Waals surface area contributed by atoms with Crippen LogP contribution in [0.5, 0.6) is 5.75 Å². The summed E-state index contributed by atoms with van der Waals surface area (Å²) >= 11 is 6.18. The number of hydrazone groups is 1. The van der Waals surface area contributed by atoms with Gasteiger partial charge in [0.25, 0.3) is 0 Å². The van der Waals surface area contributed by atoms with Crippen molar-refractivity contribution in [3.8, 4) is 5.75 Å². The quantitative estimate of drug-likeness (QED) is 0.808. The average molecular weight is 313 g/mol. The van der Waals surface area contributed by atoms with Crippen molar-refractivity contribution in [1.82, 2.24) is 5.01 Å². The Labute approximate surface area is 135 Å². The van der Waals surface area contributed by atoms with Crippen LogP contribution in [0.25, 0.3) is 0 Å². The van der Waals surface area contributed by atoms with Crippen LogP contribution >= 0.6 is 11.6 Å². The van der Waals surface area contributed by atoms with Crippen LogP contribution in [0.1, 0.15) is 36.9 Å². The second kappa shape index (κ2) is 5.33. The molecule has 0 radical (unpaired) electrons. The van der Waals surface area contributed by atoms with E-state index in [1.165, 1.54) is 5.56 Å². The summed E-state index contributed by atoms with van der Waals surface area (Å²) in [6.45, 7) is 2.12. The monoisotopic (exact) mass is 312 g/mol. The standard InChI is InChI=1S/C18H17ClN2O/c1-2-18-21-16(14-10-13(19)8-9-17(14)22-18)11-15(20-21)12-6-4-3-5-7-12/h3-10,16,18H,2,11H2,1H3/t16-,18-/m1/s1. The van der Waals surface area contributed by atoms with Crippen molar-refractivity contribution in [1.29, 1.82) is 0 Å². The summed E-state index contributed by atoms with van der Waals surface area (Å²) in [5.41, 5.74) is 3.42. The van der Waals surface area contributed by atoms with Crippen LogP contribution in [-0.4, -0.2) is 16.9 Å². The van der Waals surface area contributed by atoms with E-state index in [0.29, 0.717) is 0 Å². The van der Waals surface area contributed by atoms with E-state index in [1.54, 1.807) is 0 Å². The second-order valence-electron chi connectivity index (χ2n) is 5.68. The predicted molar refractivity (Wildman–Crippen MR) is 88.3 cm³/mol.